The van der Waals surface area contributed by atoms with E-state index >= 15 is 0 Å². The fourth-order valence-corrected chi connectivity index (χ4v) is 4.11. The van der Waals surface area contributed by atoms with Gasteiger partial charge in [0.25, 0.3) is 11.6 Å². The average Bonchev–Trinajstić information content (AvgIpc) is 2.94. The lowest BCUT2D eigenvalue weighted by Crippen LogP contribution is -2.46. The second-order valence-electron chi connectivity index (χ2n) is 9.32. The molecule has 0 aromatic heterocycles. The van der Waals surface area contributed by atoms with Gasteiger partial charge in [0.05, 0.1) is 17.6 Å². The summed E-state index contributed by atoms with van der Waals surface area (Å²) in [7, 11) is -1.96. The van der Waals surface area contributed by atoms with Gasteiger partial charge in [-0.2, -0.15) is 0 Å². The molecular weight excluding hydrogens is 372 g/mol. The molecule has 28 heavy (non-hydrogen) atoms. The van der Waals surface area contributed by atoms with Crippen molar-refractivity contribution in [3.8, 4) is 0 Å². The van der Waals surface area contributed by atoms with E-state index < -0.39 is 13.2 Å². The molecule has 7 heteroatoms. The van der Waals surface area contributed by atoms with Gasteiger partial charge < -0.3 is 9.33 Å². The van der Waals surface area contributed by atoms with Crippen molar-refractivity contribution in [2.45, 2.75) is 65.2 Å². The van der Waals surface area contributed by atoms with Crippen LogP contribution in [0.1, 0.15) is 48.7 Å². The topological polar surface area (TPSA) is 72.7 Å². The van der Waals surface area contributed by atoms with Crippen LogP contribution in [0.25, 0.3) is 0 Å². The van der Waals surface area contributed by atoms with Crippen molar-refractivity contribution >= 4 is 19.9 Å². The highest BCUT2D eigenvalue weighted by Gasteiger charge is 2.40. The Morgan fingerprint density at radius 2 is 1.89 bits per heavy atom. The monoisotopic (exact) mass is 404 g/mol. The first-order valence-electron chi connectivity index (χ1n) is 9.62. The number of aryl methyl sites for hydroxylation is 2. The lowest BCUT2D eigenvalue weighted by molar-refractivity contribution is -0.385. The Morgan fingerprint density at radius 3 is 2.43 bits per heavy atom. The molecule has 0 N–H and O–H groups in total. The van der Waals surface area contributed by atoms with Gasteiger partial charge in [0.15, 0.2) is 8.32 Å². The second-order valence-corrected chi connectivity index (χ2v) is 14.1. The second kappa shape index (κ2) is 7.79. The highest BCUT2D eigenvalue weighted by Crippen LogP contribution is 2.37. The van der Waals surface area contributed by atoms with Crippen molar-refractivity contribution in [1.82, 2.24) is 4.90 Å². The van der Waals surface area contributed by atoms with E-state index in [0.717, 1.165) is 16.7 Å². The van der Waals surface area contributed by atoms with Gasteiger partial charge in [0.1, 0.15) is 5.56 Å². The van der Waals surface area contributed by atoms with Crippen LogP contribution in [-0.4, -0.2) is 43.2 Å². The number of benzene rings is 1. The number of nitrogens with zero attached hydrogens (tertiary/aromatic N) is 2. The van der Waals surface area contributed by atoms with Crippen LogP contribution in [0.5, 0.6) is 0 Å². The lowest BCUT2D eigenvalue weighted by Gasteiger charge is -2.38. The fourth-order valence-electron chi connectivity index (χ4n) is 3.06. The van der Waals surface area contributed by atoms with Crippen LogP contribution in [-0.2, 0) is 4.43 Å². The zero-order valence-electron chi connectivity index (χ0n) is 18.1. The fraction of sp³-hybridized carbons (Fsp3) is 0.571. The molecule has 1 atom stereocenters. The molecule has 1 saturated heterocycles. The van der Waals surface area contributed by atoms with E-state index in [-0.39, 0.29) is 28.2 Å². The maximum atomic E-state index is 13.2. The number of nitro groups is 1. The molecule has 1 aliphatic heterocycles. The van der Waals surface area contributed by atoms with E-state index in [1.807, 2.05) is 13.8 Å². The number of rotatable bonds is 5. The Bertz CT molecular complexity index is 811. The van der Waals surface area contributed by atoms with E-state index in [0.29, 0.717) is 19.6 Å². The molecule has 0 bridgehead atoms. The van der Waals surface area contributed by atoms with Crippen molar-refractivity contribution in [3.63, 3.8) is 0 Å². The summed E-state index contributed by atoms with van der Waals surface area (Å²) in [6.07, 6.45) is 0.666. The molecule has 0 spiro atoms. The SMILES string of the molecule is C=C1C[C@@H](CO[Si](C)(C)C(C)(C)C)N(C(=O)c2cc(C)c(C)cc2[N+](=O)[O-])C1. The number of carbonyl (C=O) groups excluding carboxylic acids is 1. The first-order chi connectivity index (χ1) is 12.7. The number of nitro benzene ring substituents is 1. The predicted octanol–water partition coefficient (Wildman–Crippen LogP) is 5.00. The van der Waals surface area contributed by atoms with Crippen LogP contribution in [0.3, 0.4) is 0 Å². The standard InChI is InChI=1S/C21H32N2O4Si/c1-14-9-17(13-27-28(7,8)21(4,5)6)22(12-14)20(24)18-10-15(2)16(3)11-19(18)23(25)26/h10-11,17H,1,9,12-13H2,2-8H3/t17-/m0/s1. The van der Waals surface area contributed by atoms with Crippen LogP contribution >= 0.6 is 0 Å². The largest absolute Gasteiger partial charge is 0.415 e. The van der Waals surface area contributed by atoms with E-state index in [4.69, 9.17) is 4.43 Å². The number of amides is 1. The van der Waals surface area contributed by atoms with Crippen molar-refractivity contribution in [1.29, 1.82) is 0 Å². The molecule has 154 valence electrons. The molecule has 1 aliphatic rings. The number of hydrogen-bond acceptors (Lipinski definition) is 4. The Morgan fingerprint density at radius 1 is 1.32 bits per heavy atom. The maximum absolute atomic E-state index is 13.2. The third-order valence-electron chi connectivity index (χ3n) is 6.10. The van der Waals surface area contributed by atoms with Gasteiger partial charge in [0.2, 0.25) is 0 Å². The van der Waals surface area contributed by atoms with Crippen LogP contribution in [0.4, 0.5) is 5.69 Å². The molecule has 2 rings (SSSR count). The third-order valence-corrected chi connectivity index (χ3v) is 10.6. The highest BCUT2D eigenvalue weighted by molar-refractivity contribution is 6.74. The minimum Gasteiger partial charge on any atom is -0.415 e. The number of likely N-dealkylation sites (tertiary alicyclic amines) is 1. The Kier molecular flexibility index (Phi) is 6.21. The van der Waals surface area contributed by atoms with Crippen molar-refractivity contribution in [3.05, 3.63) is 51.1 Å². The van der Waals surface area contributed by atoms with Crippen LogP contribution < -0.4 is 0 Å². The number of hydrogen-bond donors (Lipinski definition) is 0. The molecule has 1 fully saturated rings. The molecule has 0 aliphatic carbocycles. The summed E-state index contributed by atoms with van der Waals surface area (Å²) < 4.78 is 6.33. The van der Waals surface area contributed by atoms with Gasteiger partial charge in [-0.3, -0.25) is 14.9 Å². The van der Waals surface area contributed by atoms with Crippen LogP contribution in [0.15, 0.2) is 24.3 Å². The molecular formula is C21H32N2O4Si. The van der Waals surface area contributed by atoms with E-state index in [1.165, 1.54) is 6.07 Å². The smallest absolute Gasteiger partial charge is 0.282 e. The first kappa shape index (κ1) is 22.3. The predicted molar refractivity (Wildman–Crippen MR) is 114 cm³/mol. The van der Waals surface area contributed by atoms with E-state index in [1.54, 1.807) is 11.0 Å². The molecule has 0 saturated carbocycles. The van der Waals surface area contributed by atoms with Crippen LogP contribution in [0, 0.1) is 24.0 Å². The van der Waals surface area contributed by atoms with Crippen LogP contribution in [0.2, 0.25) is 18.1 Å². The average molecular weight is 405 g/mol. The molecule has 1 aromatic rings. The lowest BCUT2D eigenvalue weighted by atomic mass is 10.0. The highest BCUT2D eigenvalue weighted by atomic mass is 28.4. The molecule has 6 nitrogen and oxygen atoms in total. The minimum absolute atomic E-state index is 0.0737. The summed E-state index contributed by atoms with van der Waals surface area (Å²) in [5.74, 6) is -0.322. The quantitative estimate of drug-likeness (QED) is 0.299. The normalized spacial score (nSPS) is 17.9. The molecule has 0 unspecified atom stereocenters. The zero-order valence-corrected chi connectivity index (χ0v) is 19.1. The maximum Gasteiger partial charge on any atom is 0.282 e. The molecule has 0 radical (unpaired) electrons. The number of carbonyl (C=O) groups is 1. The molecule has 1 amide bonds. The Labute approximate surface area is 168 Å². The molecule has 1 heterocycles. The summed E-state index contributed by atoms with van der Waals surface area (Å²) in [6.45, 7) is 19.4. The first-order valence-corrected chi connectivity index (χ1v) is 12.5. The Hall–Kier alpha value is -1.99. The van der Waals surface area contributed by atoms with Gasteiger partial charge in [-0.25, -0.2) is 0 Å². The van der Waals surface area contributed by atoms with Gasteiger partial charge in [0, 0.05) is 12.6 Å². The van der Waals surface area contributed by atoms with Crippen molar-refractivity contribution in [2.75, 3.05) is 13.2 Å². The zero-order chi connectivity index (χ0) is 21.4. The third kappa shape index (κ3) is 4.52. The summed E-state index contributed by atoms with van der Waals surface area (Å²) in [5, 5.41) is 11.6. The van der Waals surface area contributed by atoms with E-state index in [9.17, 15) is 14.9 Å². The molecule has 1 aromatic carbocycles. The van der Waals surface area contributed by atoms with Gasteiger partial charge in [-0.15, -0.1) is 0 Å². The summed E-state index contributed by atoms with van der Waals surface area (Å²) in [5.41, 5.74) is 2.60. The van der Waals surface area contributed by atoms with Crippen molar-refractivity contribution in [2.24, 2.45) is 0 Å². The van der Waals surface area contributed by atoms with Gasteiger partial charge >= 0.3 is 0 Å². The minimum atomic E-state index is -1.96. The summed E-state index contributed by atoms with van der Waals surface area (Å²) >= 11 is 0. The Balaban J connectivity index is 2.30. The van der Waals surface area contributed by atoms with Gasteiger partial charge in [-0.1, -0.05) is 32.9 Å². The van der Waals surface area contributed by atoms with Gasteiger partial charge in [-0.05, 0) is 55.6 Å². The van der Waals surface area contributed by atoms with Crippen molar-refractivity contribution < 1.29 is 14.1 Å². The summed E-state index contributed by atoms with van der Waals surface area (Å²) in [6, 6.07) is 2.97. The summed E-state index contributed by atoms with van der Waals surface area (Å²) in [4.78, 5) is 26.0. The van der Waals surface area contributed by atoms with E-state index in [2.05, 4.69) is 40.4 Å².